The molecule has 0 spiro atoms. The lowest BCUT2D eigenvalue weighted by atomic mass is 9.44. The summed E-state index contributed by atoms with van der Waals surface area (Å²) in [5, 5.41) is 45.9. The molecule has 0 aromatic rings. The Hall–Kier alpha value is -2.45. The second-order valence-corrected chi connectivity index (χ2v) is 13.6. The van der Waals surface area contributed by atoms with Crippen molar-refractivity contribution in [3.63, 3.8) is 0 Å². The highest BCUT2D eigenvalue weighted by atomic mass is 16.6. The molecule has 0 bridgehead atoms. The number of hydrogen-bond acceptors (Lipinski definition) is 8. The summed E-state index contributed by atoms with van der Waals surface area (Å²) in [5.41, 5.74) is -0.713. The lowest BCUT2D eigenvalue weighted by molar-refractivity contribution is -0.208. The fourth-order valence-electron chi connectivity index (χ4n) is 6.96. The molecule has 8 heteroatoms. The molecule has 1 heterocycles. The summed E-state index contributed by atoms with van der Waals surface area (Å²) >= 11 is 0. The highest BCUT2D eigenvalue weighted by molar-refractivity contribution is 5.80. The molecule has 1 fully saturated rings. The van der Waals surface area contributed by atoms with Gasteiger partial charge in [-0.15, -0.1) is 6.58 Å². The maximum Gasteiger partial charge on any atom is 0.326 e. The van der Waals surface area contributed by atoms with Crippen molar-refractivity contribution in [3.8, 4) is 0 Å². The number of carbonyl (C=O) groups excluding carboxylic acids is 1. The molecule has 8 nitrogen and oxygen atoms in total. The van der Waals surface area contributed by atoms with Crippen LogP contribution in [0.25, 0.3) is 0 Å². The van der Waals surface area contributed by atoms with Crippen LogP contribution in [0.3, 0.4) is 0 Å². The number of nitrogens with two attached hydrogens (primary N) is 1. The summed E-state index contributed by atoms with van der Waals surface area (Å²) in [6, 6.07) is 0. The minimum atomic E-state index is -1.93. The number of aliphatic hydroxyl groups is 4. The SMILES string of the molecule is C=C[C@@]12C(=C(O)[C@@](C)(O)C(C)(C)[C@@H]1OC(=O)[C@@](C)(N)CC)C(O)=C(O)C(C)(C)[C@@H]2CCC1C[C@@H](C)CC(=C)O1. The second kappa shape index (κ2) is 9.88. The first-order valence-corrected chi connectivity index (χ1v) is 14.0. The largest absolute Gasteiger partial charge is 0.509 e. The number of allylic oxidation sites excluding steroid dienone is 3. The predicted octanol–water partition coefficient (Wildman–Crippen LogP) is 5.89. The molecule has 39 heavy (non-hydrogen) atoms. The standard InChI is InChI=1S/C31H49NO7/c1-11-29(9,32)26(36)39-25-28(7,8)30(10,37)23(34)21-22(33)24(35)27(5,6)20(31(21,25)12-2)14-13-19-16-17(3)15-18(4)38-19/h12,17,19-20,25,33-35,37H,2,4,11,13-16,32H2,1,3,5-10H3/t17-,19?,20-,25-,29-,30+,31+/m0/s1. The summed E-state index contributed by atoms with van der Waals surface area (Å²) in [4.78, 5) is 13.5. The van der Waals surface area contributed by atoms with Crippen molar-refractivity contribution in [2.24, 2.45) is 33.8 Å². The summed E-state index contributed by atoms with van der Waals surface area (Å²) in [6.07, 6.45) is 3.40. The Morgan fingerprint density at radius 2 is 1.77 bits per heavy atom. The first-order valence-electron chi connectivity index (χ1n) is 14.0. The number of ether oxygens (including phenoxy) is 2. The van der Waals surface area contributed by atoms with E-state index in [1.807, 2.05) is 13.8 Å². The van der Waals surface area contributed by atoms with Crippen LogP contribution in [0.1, 0.15) is 87.5 Å². The van der Waals surface area contributed by atoms with Crippen molar-refractivity contribution in [3.05, 3.63) is 47.8 Å². The van der Waals surface area contributed by atoms with Crippen LogP contribution in [0.4, 0.5) is 0 Å². The monoisotopic (exact) mass is 547 g/mol. The smallest absolute Gasteiger partial charge is 0.326 e. The van der Waals surface area contributed by atoms with Crippen LogP contribution >= 0.6 is 0 Å². The van der Waals surface area contributed by atoms with Gasteiger partial charge >= 0.3 is 5.97 Å². The first-order chi connectivity index (χ1) is 17.7. The van der Waals surface area contributed by atoms with Gasteiger partial charge in [0.25, 0.3) is 0 Å². The Kier molecular flexibility index (Phi) is 7.87. The van der Waals surface area contributed by atoms with Crippen molar-refractivity contribution < 1.29 is 34.7 Å². The van der Waals surface area contributed by atoms with E-state index in [1.54, 1.807) is 33.8 Å². The number of rotatable bonds is 7. The van der Waals surface area contributed by atoms with Gasteiger partial charge in [-0.3, -0.25) is 4.79 Å². The molecule has 7 atom stereocenters. The number of carbonyl (C=O) groups is 1. The average molecular weight is 548 g/mol. The van der Waals surface area contributed by atoms with Gasteiger partial charge < -0.3 is 35.6 Å². The van der Waals surface area contributed by atoms with Gasteiger partial charge in [-0.2, -0.15) is 0 Å². The molecular weight excluding hydrogens is 498 g/mol. The van der Waals surface area contributed by atoms with E-state index in [0.717, 1.165) is 18.6 Å². The Bertz CT molecular complexity index is 1100. The molecule has 1 unspecified atom stereocenters. The van der Waals surface area contributed by atoms with E-state index >= 15 is 0 Å². The Balaban J connectivity index is 2.28. The average Bonchev–Trinajstić information content (AvgIpc) is 2.83. The third-order valence-electron chi connectivity index (χ3n) is 10.1. The summed E-state index contributed by atoms with van der Waals surface area (Å²) < 4.78 is 12.3. The van der Waals surface area contributed by atoms with Crippen LogP contribution in [0.15, 0.2) is 47.8 Å². The van der Waals surface area contributed by atoms with Crippen molar-refractivity contribution in [1.82, 2.24) is 0 Å². The lowest BCUT2D eigenvalue weighted by Gasteiger charge is -2.62. The van der Waals surface area contributed by atoms with E-state index < -0.39 is 56.9 Å². The summed E-state index contributed by atoms with van der Waals surface area (Å²) in [5.74, 6) is -1.40. The van der Waals surface area contributed by atoms with Crippen molar-refractivity contribution >= 4 is 5.97 Å². The van der Waals surface area contributed by atoms with Crippen LogP contribution in [-0.2, 0) is 14.3 Å². The van der Waals surface area contributed by atoms with E-state index in [1.165, 1.54) is 6.92 Å². The zero-order chi connectivity index (χ0) is 29.9. The molecular formula is C31H49NO7. The molecule has 220 valence electrons. The molecule has 3 rings (SSSR count). The predicted molar refractivity (Wildman–Crippen MR) is 151 cm³/mol. The van der Waals surface area contributed by atoms with Gasteiger partial charge in [0, 0.05) is 17.3 Å². The van der Waals surface area contributed by atoms with Gasteiger partial charge in [-0.25, -0.2) is 0 Å². The van der Waals surface area contributed by atoms with E-state index in [-0.39, 0.29) is 17.4 Å². The highest BCUT2D eigenvalue weighted by Gasteiger charge is 2.70. The fourth-order valence-corrected chi connectivity index (χ4v) is 6.96. The minimum Gasteiger partial charge on any atom is -0.509 e. The van der Waals surface area contributed by atoms with Crippen LogP contribution in [0.5, 0.6) is 0 Å². The van der Waals surface area contributed by atoms with Crippen molar-refractivity contribution in [2.45, 2.75) is 111 Å². The van der Waals surface area contributed by atoms with Crippen LogP contribution in [0, 0.1) is 28.1 Å². The zero-order valence-electron chi connectivity index (χ0n) is 24.9. The number of esters is 1. The lowest BCUT2D eigenvalue weighted by Crippen LogP contribution is -2.68. The molecule has 0 aromatic heterocycles. The first kappa shape index (κ1) is 31.1. The van der Waals surface area contributed by atoms with E-state index in [2.05, 4.69) is 20.1 Å². The van der Waals surface area contributed by atoms with E-state index in [4.69, 9.17) is 15.2 Å². The molecule has 6 N–H and O–H groups in total. The maximum atomic E-state index is 13.5. The third-order valence-corrected chi connectivity index (χ3v) is 10.1. The molecule has 0 radical (unpaired) electrons. The molecule has 0 aromatic carbocycles. The number of aliphatic hydroxyl groups excluding tert-OH is 3. The Morgan fingerprint density at radius 1 is 1.18 bits per heavy atom. The molecule has 3 aliphatic rings. The molecule has 2 aliphatic carbocycles. The molecule has 1 saturated heterocycles. The van der Waals surface area contributed by atoms with Crippen LogP contribution < -0.4 is 5.73 Å². The van der Waals surface area contributed by atoms with Crippen LogP contribution in [-0.4, -0.2) is 49.7 Å². The normalized spacial score (nSPS) is 37.4. The van der Waals surface area contributed by atoms with Crippen molar-refractivity contribution in [1.29, 1.82) is 0 Å². The van der Waals surface area contributed by atoms with Gasteiger partial charge in [0.2, 0.25) is 0 Å². The Labute approximate surface area is 233 Å². The molecule has 0 saturated carbocycles. The van der Waals surface area contributed by atoms with Crippen LogP contribution in [0.2, 0.25) is 0 Å². The minimum absolute atomic E-state index is 0.0842. The second-order valence-electron chi connectivity index (χ2n) is 13.6. The molecule has 1 aliphatic heterocycles. The quantitative estimate of drug-likeness (QED) is 0.196. The van der Waals surface area contributed by atoms with Gasteiger partial charge in [0.05, 0.1) is 22.9 Å². The highest BCUT2D eigenvalue weighted by Crippen LogP contribution is 2.67. The van der Waals surface area contributed by atoms with E-state index in [9.17, 15) is 25.2 Å². The van der Waals surface area contributed by atoms with Gasteiger partial charge in [0.1, 0.15) is 28.8 Å². The van der Waals surface area contributed by atoms with Gasteiger partial charge in [-0.05, 0) is 51.4 Å². The number of fused-ring (bicyclic) bond motifs is 1. The topological polar surface area (TPSA) is 142 Å². The fraction of sp³-hybridized carbons (Fsp3) is 0.710. The Morgan fingerprint density at radius 3 is 2.28 bits per heavy atom. The summed E-state index contributed by atoms with van der Waals surface area (Å²) in [7, 11) is 0. The van der Waals surface area contributed by atoms with E-state index in [0.29, 0.717) is 25.2 Å². The zero-order valence-corrected chi connectivity index (χ0v) is 24.9. The maximum absolute atomic E-state index is 13.5. The van der Waals surface area contributed by atoms with Gasteiger partial charge in [0.15, 0.2) is 5.76 Å². The third kappa shape index (κ3) is 4.57. The van der Waals surface area contributed by atoms with Crippen molar-refractivity contribution in [2.75, 3.05) is 0 Å². The van der Waals surface area contributed by atoms with Gasteiger partial charge in [-0.1, -0.05) is 54.2 Å². The summed E-state index contributed by atoms with van der Waals surface area (Å²) in [6.45, 7) is 22.1. The number of hydrogen-bond donors (Lipinski definition) is 5. The molecule has 0 amide bonds.